The van der Waals surface area contributed by atoms with E-state index in [9.17, 15) is 0 Å². The third kappa shape index (κ3) is 4.12. The minimum atomic E-state index is 0.856. The van der Waals surface area contributed by atoms with Crippen LogP contribution in [0.3, 0.4) is 0 Å². The zero-order valence-corrected chi connectivity index (χ0v) is 9.93. The van der Waals surface area contributed by atoms with E-state index in [4.69, 9.17) is 0 Å². The molecule has 0 aromatic carbocycles. The maximum Gasteiger partial charge on any atom is 0.00670 e. The van der Waals surface area contributed by atoms with Crippen LogP contribution in [0.1, 0.15) is 51.4 Å². The van der Waals surface area contributed by atoms with E-state index < -0.39 is 0 Å². The molecule has 1 aliphatic carbocycles. The Labute approximate surface area is 94.2 Å². The second-order valence-electron chi connectivity index (χ2n) is 5.29. The van der Waals surface area contributed by atoms with Crippen molar-refractivity contribution in [3.8, 4) is 0 Å². The lowest BCUT2D eigenvalue weighted by Crippen LogP contribution is -2.31. The Balaban J connectivity index is 1.47. The Morgan fingerprint density at radius 1 is 1.07 bits per heavy atom. The highest BCUT2D eigenvalue weighted by Gasteiger charge is 2.15. The summed E-state index contributed by atoms with van der Waals surface area (Å²) in [5.74, 6) is 0.962. The smallest absolute Gasteiger partial charge is 0.00670 e. The summed E-state index contributed by atoms with van der Waals surface area (Å²) in [7, 11) is 0. The highest BCUT2D eigenvalue weighted by Crippen LogP contribution is 2.18. The fourth-order valence-corrected chi connectivity index (χ4v) is 3.00. The highest BCUT2D eigenvalue weighted by atomic mass is 14.9. The summed E-state index contributed by atoms with van der Waals surface area (Å²) in [5, 5.41) is 7.20. The van der Waals surface area contributed by atoms with Gasteiger partial charge in [0.15, 0.2) is 0 Å². The van der Waals surface area contributed by atoms with Crippen molar-refractivity contribution < 1.29 is 0 Å². The van der Waals surface area contributed by atoms with Crippen molar-refractivity contribution >= 4 is 0 Å². The average Bonchev–Trinajstić information content (AvgIpc) is 2.79. The van der Waals surface area contributed by atoms with Crippen molar-refractivity contribution in [2.75, 3.05) is 19.6 Å². The van der Waals surface area contributed by atoms with E-state index in [-0.39, 0.29) is 0 Å². The number of hydrogen-bond donors (Lipinski definition) is 2. The van der Waals surface area contributed by atoms with Crippen molar-refractivity contribution in [2.24, 2.45) is 5.92 Å². The summed E-state index contributed by atoms with van der Waals surface area (Å²) in [6.07, 6.45) is 11.4. The molecule has 2 N–H and O–H groups in total. The van der Waals surface area contributed by atoms with Crippen LogP contribution >= 0.6 is 0 Å². The number of nitrogens with one attached hydrogen (secondary N) is 2. The molecule has 2 fully saturated rings. The first-order valence-corrected chi connectivity index (χ1v) is 6.89. The molecule has 0 radical (unpaired) electrons. The second-order valence-corrected chi connectivity index (χ2v) is 5.29. The summed E-state index contributed by atoms with van der Waals surface area (Å²) in [5.41, 5.74) is 0. The van der Waals surface area contributed by atoms with Gasteiger partial charge in [-0.2, -0.15) is 0 Å². The van der Waals surface area contributed by atoms with Gasteiger partial charge in [0.2, 0.25) is 0 Å². The monoisotopic (exact) mass is 210 g/mol. The van der Waals surface area contributed by atoms with Gasteiger partial charge in [-0.3, -0.25) is 0 Å². The first-order valence-electron chi connectivity index (χ1n) is 6.89. The zero-order valence-electron chi connectivity index (χ0n) is 9.93. The third-order valence-corrected chi connectivity index (χ3v) is 3.98. The van der Waals surface area contributed by atoms with E-state index in [1.165, 1.54) is 71.0 Å². The van der Waals surface area contributed by atoms with Crippen LogP contribution < -0.4 is 10.6 Å². The Kier molecular flexibility index (Phi) is 4.94. The molecule has 2 aliphatic rings. The molecular weight excluding hydrogens is 184 g/mol. The van der Waals surface area contributed by atoms with Crippen LogP contribution in [0.25, 0.3) is 0 Å². The lowest BCUT2D eigenvalue weighted by atomic mass is 9.95. The van der Waals surface area contributed by atoms with E-state index in [2.05, 4.69) is 10.6 Å². The standard InChI is InChI=1S/C13H26N2/c1-2-8-13(7-1)15-10-4-6-12-5-3-9-14-11-12/h12-15H,1-11H2. The zero-order chi connectivity index (χ0) is 10.3. The average molecular weight is 210 g/mol. The third-order valence-electron chi connectivity index (χ3n) is 3.98. The topological polar surface area (TPSA) is 24.1 Å². The van der Waals surface area contributed by atoms with E-state index in [1.54, 1.807) is 0 Å². The maximum absolute atomic E-state index is 3.70. The van der Waals surface area contributed by atoms with E-state index >= 15 is 0 Å². The number of rotatable bonds is 5. The van der Waals surface area contributed by atoms with Gasteiger partial charge in [0.1, 0.15) is 0 Å². The molecule has 1 unspecified atom stereocenters. The van der Waals surface area contributed by atoms with Crippen LogP contribution in [0.15, 0.2) is 0 Å². The molecule has 1 aliphatic heterocycles. The Bertz CT molecular complexity index is 158. The predicted molar refractivity (Wildman–Crippen MR) is 65.1 cm³/mol. The maximum atomic E-state index is 3.70. The minimum absolute atomic E-state index is 0.856. The first kappa shape index (κ1) is 11.4. The summed E-state index contributed by atoms with van der Waals surface area (Å²) in [6, 6.07) is 0.856. The van der Waals surface area contributed by atoms with Crippen LogP contribution in [0.2, 0.25) is 0 Å². The molecule has 88 valence electrons. The molecule has 2 heteroatoms. The summed E-state index contributed by atoms with van der Waals surface area (Å²) in [4.78, 5) is 0. The quantitative estimate of drug-likeness (QED) is 0.680. The normalized spacial score (nSPS) is 28.4. The Hall–Kier alpha value is -0.0800. The second kappa shape index (κ2) is 6.49. The summed E-state index contributed by atoms with van der Waals surface area (Å²) >= 11 is 0. The molecule has 1 saturated carbocycles. The van der Waals surface area contributed by atoms with E-state index in [0.717, 1.165) is 12.0 Å². The van der Waals surface area contributed by atoms with Gasteiger partial charge in [-0.05, 0) is 64.1 Å². The molecule has 0 aromatic rings. The van der Waals surface area contributed by atoms with E-state index in [1.807, 2.05) is 0 Å². The molecule has 0 aromatic heterocycles. The molecular formula is C13H26N2. The fraction of sp³-hybridized carbons (Fsp3) is 1.00. The van der Waals surface area contributed by atoms with Crippen LogP contribution in [0, 0.1) is 5.92 Å². The highest BCUT2D eigenvalue weighted by molar-refractivity contribution is 4.74. The number of piperidine rings is 1. The van der Waals surface area contributed by atoms with Crippen molar-refractivity contribution in [1.29, 1.82) is 0 Å². The van der Waals surface area contributed by atoms with Crippen molar-refractivity contribution in [2.45, 2.75) is 57.4 Å². The van der Waals surface area contributed by atoms with E-state index in [0.29, 0.717) is 0 Å². The lowest BCUT2D eigenvalue weighted by Gasteiger charge is -2.22. The SMILES string of the molecule is C1CNCC(CCCNC2CCCC2)C1. The summed E-state index contributed by atoms with van der Waals surface area (Å²) < 4.78 is 0. The number of hydrogen-bond acceptors (Lipinski definition) is 2. The molecule has 1 atom stereocenters. The van der Waals surface area contributed by atoms with Gasteiger partial charge >= 0.3 is 0 Å². The predicted octanol–water partition coefficient (Wildman–Crippen LogP) is 2.30. The van der Waals surface area contributed by atoms with Gasteiger partial charge in [-0.1, -0.05) is 12.8 Å². The van der Waals surface area contributed by atoms with Crippen LogP contribution in [-0.4, -0.2) is 25.7 Å². The van der Waals surface area contributed by atoms with Gasteiger partial charge < -0.3 is 10.6 Å². The van der Waals surface area contributed by atoms with Gasteiger partial charge in [-0.15, -0.1) is 0 Å². The molecule has 0 amide bonds. The molecule has 1 heterocycles. The van der Waals surface area contributed by atoms with Gasteiger partial charge in [0.25, 0.3) is 0 Å². The molecule has 15 heavy (non-hydrogen) atoms. The fourth-order valence-electron chi connectivity index (χ4n) is 3.00. The molecule has 0 spiro atoms. The molecule has 0 bridgehead atoms. The Morgan fingerprint density at radius 3 is 2.67 bits per heavy atom. The van der Waals surface area contributed by atoms with Crippen molar-refractivity contribution in [3.63, 3.8) is 0 Å². The van der Waals surface area contributed by atoms with Gasteiger partial charge in [0, 0.05) is 6.04 Å². The van der Waals surface area contributed by atoms with Gasteiger partial charge in [0.05, 0.1) is 0 Å². The van der Waals surface area contributed by atoms with Crippen LogP contribution in [0.4, 0.5) is 0 Å². The van der Waals surface area contributed by atoms with Crippen LogP contribution in [-0.2, 0) is 0 Å². The van der Waals surface area contributed by atoms with Crippen molar-refractivity contribution in [1.82, 2.24) is 10.6 Å². The van der Waals surface area contributed by atoms with Crippen LogP contribution in [0.5, 0.6) is 0 Å². The minimum Gasteiger partial charge on any atom is -0.316 e. The van der Waals surface area contributed by atoms with Gasteiger partial charge in [-0.25, -0.2) is 0 Å². The summed E-state index contributed by atoms with van der Waals surface area (Å²) in [6.45, 7) is 3.77. The molecule has 2 rings (SSSR count). The largest absolute Gasteiger partial charge is 0.316 e. The Morgan fingerprint density at radius 2 is 1.93 bits per heavy atom. The molecule has 2 nitrogen and oxygen atoms in total. The lowest BCUT2D eigenvalue weighted by molar-refractivity contribution is 0.345. The van der Waals surface area contributed by atoms with Crippen molar-refractivity contribution in [3.05, 3.63) is 0 Å². The first-order chi connectivity index (χ1) is 7.45. The molecule has 1 saturated heterocycles.